The third-order valence-electron chi connectivity index (χ3n) is 3.30. The third kappa shape index (κ3) is 4.08. The predicted molar refractivity (Wildman–Crippen MR) is 80.3 cm³/mol. The fourth-order valence-electron chi connectivity index (χ4n) is 2.02. The molecule has 0 aliphatic heterocycles. The standard InChI is InChI=1S/C16H23NO3/c1-5-12(6-2)16(19)17-14-10-13(11(4)18)8-9-15(14)20-7-3/h8-10,12H,5-7H2,1-4H3,(H,17,19). The summed E-state index contributed by atoms with van der Waals surface area (Å²) in [6.45, 7) is 7.87. The Bertz CT molecular complexity index is 479. The van der Waals surface area contributed by atoms with E-state index >= 15 is 0 Å². The number of carbonyl (C=O) groups is 2. The topological polar surface area (TPSA) is 55.4 Å². The fraction of sp³-hybridized carbons (Fsp3) is 0.500. The van der Waals surface area contributed by atoms with Crippen molar-refractivity contribution in [3.63, 3.8) is 0 Å². The molecule has 0 radical (unpaired) electrons. The van der Waals surface area contributed by atoms with Crippen molar-refractivity contribution in [3.05, 3.63) is 23.8 Å². The Morgan fingerprint density at radius 2 is 1.85 bits per heavy atom. The van der Waals surface area contributed by atoms with Crippen LogP contribution in [-0.2, 0) is 4.79 Å². The van der Waals surface area contributed by atoms with Gasteiger partial charge in [0.2, 0.25) is 5.91 Å². The summed E-state index contributed by atoms with van der Waals surface area (Å²) in [6, 6.07) is 5.11. The van der Waals surface area contributed by atoms with Crippen molar-refractivity contribution in [3.8, 4) is 5.75 Å². The molecule has 1 amide bonds. The summed E-state index contributed by atoms with van der Waals surface area (Å²) in [4.78, 5) is 23.6. The quantitative estimate of drug-likeness (QED) is 0.774. The molecule has 0 spiro atoms. The summed E-state index contributed by atoms with van der Waals surface area (Å²) in [7, 11) is 0. The first-order valence-corrected chi connectivity index (χ1v) is 7.12. The Labute approximate surface area is 120 Å². The molecular formula is C16H23NO3. The van der Waals surface area contributed by atoms with Crippen LogP contribution in [0.1, 0.15) is 50.9 Å². The highest BCUT2D eigenvalue weighted by molar-refractivity contribution is 5.98. The molecule has 1 N–H and O–H groups in total. The van der Waals surface area contributed by atoms with Gasteiger partial charge in [0.1, 0.15) is 5.75 Å². The lowest BCUT2D eigenvalue weighted by Gasteiger charge is -2.16. The monoisotopic (exact) mass is 277 g/mol. The van der Waals surface area contributed by atoms with Gasteiger partial charge in [0, 0.05) is 11.5 Å². The van der Waals surface area contributed by atoms with Gasteiger partial charge in [-0.3, -0.25) is 9.59 Å². The highest BCUT2D eigenvalue weighted by Gasteiger charge is 2.17. The molecular weight excluding hydrogens is 254 g/mol. The van der Waals surface area contributed by atoms with Crippen LogP contribution in [0.5, 0.6) is 5.75 Å². The van der Waals surface area contributed by atoms with Crippen LogP contribution >= 0.6 is 0 Å². The molecule has 1 aromatic rings. The lowest BCUT2D eigenvalue weighted by atomic mass is 10.0. The van der Waals surface area contributed by atoms with Gasteiger partial charge < -0.3 is 10.1 Å². The van der Waals surface area contributed by atoms with E-state index in [0.717, 1.165) is 12.8 Å². The van der Waals surface area contributed by atoms with Crippen LogP contribution in [0.15, 0.2) is 18.2 Å². The SMILES string of the molecule is CCOc1ccc(C(C)=O)cc1NC(=O)C(CC)CC. The van der Waals surface area contributed by atoms with Crippen LogP contribution in [0.2, 0.25) is 0 Å². The molecule has 4 heteroatoms. The minimum atomic E-state index is -0.0360. The van der Waals surface area contributed by atoms with E-state index in [2.05, 4.69) is 5.32 Å². The second-order valence-electron chi connectivity index (χ2n) is 4.70. The van der Waals surface area contributed by atoms with E-state index in [1.54, 1.807) is 18.2 Å². The Morgan fingerprint density at radius 1 is 1.20 bits per heavy atom. The van der Waals surface area contributed by atoms with E-state index < -0.39 is 0 Å². The van der Waals surface area contributed by atoms with E-state index in [-0.39, 0.29) is 17.6 Å². The number of rotatable bonds is 7. The van der Waals surface area contributed by atoms with Gasteiger partial charge in [-0.1, -0.05) is 13.8 Å². The number of benzene rings is 1. The number of hydrogen-bond donors (Lipinski definition) is 1. The molecule has 0 saturated carbocycles. The fourth-order valence-corrected chi connectivity index (χ4v) is 2.02. The highest BCUT2D eigenvalue weighted by atomic mass is 16.5. The van der Waals surface area contributed by atoms with Crippen LogP contribution in [0.25, 0.3) is 0 Å². The zero-order valence-corrected chi connectivity index (χ0v) is 12.7. The Morgan fingerprint density at radius 3 is 2.35 bits per heavy atom. The van der Waals surface area contributed by atoms with E-state index in [4.69, 9.17) is 4.74 Å². The number of anilines is 1. The average Bonchev–Trinajstić information content (AvgIpc) is 2.42. The summed E-state index contributed by atoms with van der Waals surface area (Å²) < 4.78 is 5.49. The van der Waals surface area contributed by atoms with E-state index in [1.165, 1.54) is 6.92 Å². The first-order valence-electron chi connectivity index (χ1n) is 7.12. The molecule has 0 unspecified atom stereocenters. The van der Waals surface area contributed by atoms with Gasteiger partial charge in [-0.15, -0.1) is 0 Å². The second-order valence-corrected chi connectivity index (χ2v) is 4.70. The first kappa shape index (κ1) is 16.2. The largest absolute Gasteiger partial charge is 0.492 e. The average molecular weight is 277 g/mol. The number of amides is 1. The van der Waals surface area contributed by atoms with Crippen molar-refractivity contribution in [2.75, 3.05) is 11.9 Å². The number of carbonyl (C=O) groups excluding carboxylic acids is 2. The molecule has 0 heterocycles. The Kier molecular flexibility index (Phi) is 6.22. The Balaban J connectivity index is 3.03. The molecule has 1 aromatic carbocycles. The van der Waals surface area contributed by atoms with Gasteiger partial charge >= 0.3 is 0 Å². The van der Waals surface area contributed by atoms with Crippen LogP contribution < -0.4 is 10.1 Å². The Hall–Kier alpha value is -1.84. The van der Waals surface area contributed by atoms with Gasteiger partial charge in [-0.25, -0.2) is 0 Å². The summed E-state index contributed by atoms with van der Waals surface area (Å²) >= 11 is 0. The number of nitrogens with one attached hydrogen (secondary N) is 1. The zero-order chi connectivity index (χ0) is 15.1. The van der Waals surface area contributed by atoms with Gasteiger partial charge in [-0.05, 0) is 44.9 Å². The molecule has 0 aliphatic rings. The van der Waals surface area contributed by atoms with Crippen molar-refractivity contribution >= 4 is 17.4 Å². The van der Waals surface area contributed by atoms with Gasteiger partial charge in [-0.2, -0.15) is 0 Å². The van der Waals surface area contributed by atoms with Gasteiger partial charge in [0.05, 0.1) is 12.3 Å². The minimum Gasteiger partial charge on any atom is -0.492 e. The molecule has 1 rings (SSSR count). The molecule has 0 atom stereocenters. The van der Waals surface area contributed by atoms with Crippen molar-refractivity contribution in [2.24, 2.45) is 5.92 Å². The number of Topliss-reactive ketones (excluding diaryl/α,β-unsaturated/α-hetero) is 1. The molecule has 0 saturated heterocycles. The number of ketones is 1. The molecule has 0 bridgehead atoms. The smallest absolute Gasteiger partial charge is 0.227 e. The predicted octanol–water partition coefficient (Wildman–Crippen LogP) is 3.66. The van der Waals surface area contributed by atoms with Crippen molar-refractivity contribution in [2.45, 2.75) is 40.5 Å². The molecule has 0 aliphatic carbocycles. The lowest BCUT2D eigenvalue weighted by molar-refractivity contribution is -0.120. The molecule has 20 heavy (non-hydrogen) atoms. The molecule has 4 nitrogen and oxygen atoms in total. The molecule has 0 aromatic heterocycles. The molecule has 0 fully saturated rings. The lowest BCUT2D eigenvalue weighted by Crippen LogP contribution is -2.22. The van der Waals surface area contributed by atoms with Crippen molar-refractivity contribution < 1.29 is 14.3 Å². The van der Waals surface area contributed by atoms with Crippen LogP contribution in [0, 0.1) is 5.92 Å². The van der Waals surface area contributed by atoms with Crippen LogP contribution in [-0.4, -0.2) is 18.3 Å². The highest BCUT2D eigenvalue weighted by Crippen LogP contribution is 2.27. The second kappa shape index (κ2) is 7.68. The minimum absolute atomic E-state index is 0.0227. The summed E-state index contributed by atoms with van der Waals surface area (Å²) in [5.74, 6) is 0.505. The van der Waals surface area contributed by atoms with Crippen molar-refractivity contribution in [1.82, 2.24) is 0 Å². The normalized spacial score (nSPS) is 10.4. The summed E-state index contributed by atoms with van der Waals surface area (Å²) in [6.07, 6.45) is 1.58. The van der Waals surface area contributed by atoms with Crippen LogP contribution in [0.3, 0.4) is 0 Å². The van der Waals surface area contributed by atoms with Crippen LogP contribution in [0.4, 0.5) is 5.69 Å². The summed E-state index contributed by atoms with van der Waals surface area (Å²) in [5, 5.41) is 2.88. The maximum Gasteiger partial charge on any atom is 0.227 e. The number of ether oxygens (including phenoxy) is 1. The van der Waals surface area contributed by atoms with E-state index in [0.29, 0.717) is 23.6 Å². The van der Waals surface area contributed by atoms with E-state index in [1.807, 2.05) is 20.8 Å². The molecule has 110 valence electrons. The van der Waals surface area contributed by atoms with Gasteiger partial charge in [0.15, 0.2) is 5.78 Å². The van der Waals surface area contributed by atoms with Gasteiger partial charge in [0.25, 0.3) is 0 Å². The summed E-state index contributed by atoms with van der Waals surface area (Å²) in [5.41, 5.74) is 1.13. The van der Waals surface area contributed by atoms with E-state index in [9.17, 15) is 9.59 Å². The third-order valence-corrected chi connectivity index (χ3v) is 3.30. The first-order chi connectivity index (χ1) is 9.53. The zero-order valence-electron chi connectivity index (χ0n) is 12.7. The van der Waals surface area contributed by atoms with Crippen molar-refractivity contribution in [1.29, 1.82) is 0 Å². The maximum atomic E-state index is 12.2. The maximum absolute atomic E-state index is 12.2. The number of hydrogen-bond acceptors (Lipinski definition) is 3.